The van der Waals surface area contributed by atoms with Crippen LogP contribution in [0.3, 0.4) is 0 Å². The molecule has 0 aliphatic carbocycles. The number of hydrogen-bond acceptors (Lipinski definition) is 4. The van der Waals surface area contributed by atoms with Gasteiger partial charge in [-0.3, -0.25) is 14.5 Å². The molecule has 1 N–H and O–H groups in total. The molecule has 8 nitrogen and oxygen atoms in total. The van der Waals surface area contributed by atoms with E-state index in [2.05, 4.69) is 12.2 Å². The Kier molecular flexibility index (Phi) is 8.18. The highest BCUT2D eigenvalue weighted by atomic mass is 16.5. The van der Waals surface area contributed by atoms with E-state index in [1.54, 1.807) is 9.80 Å². The molecule has 0 bridgehead atoms. The molecule has 0 aromatic heterocycles. The van der Waals surface area contributed by atoms with Crippen molar-refractivity contribution in [3.63, 3.8) is 0 Å². The SMILES string of the molecule is CCN1C(=O)NC(c2cccc(Oc3ccccc3)c2)C2=C1CN(C(Cc1ccccc1)C(=O)N1CCC(C)CC1)C2=O. The second-order valence-corrected chi connectivity index (χ2v) is 11.6. The van der Waals surface area contributed by atoms with Gasteiger partial charge in [-0.05, 0) is 61.1 Å². The first-order valence-corrected chi connectivity index (χ1v) is 15.2. The lowest BCUT2D eigenvalue weighted by atomic mass is 9.95. The minimum Gasteiger partial charge on any atom is -0.457 e. The molecule has 1 fully saturated rings. The number of piperidine rings is 1. The molecular formula is C35H38N4O4. The lowest BCUT2D eigenvalue weighted by Crippen LogP contribution is -2.52. The van der Waals surface area contributed by atoms with Crippen LogP contribution in [0.5, 0.6) is 11.5 Å². The first-order chi connectivity index (χ1) is 20.9. The van der Waals surface area contributed by atoms with Gasteiger partial charge in [0.25, 0.3) is 5.91 Å². The zero-order valence-electron chi connectivity index (χ0n) is 24.7. The standard InChI is InChI=1S/C35H38N4O4/c1-3-38-30-23-39(29(21-25-11-6-4-7-12-25)33(40)37-19-17-24(2)18-20-37)34(41)31(30)32(36-35(38)42)26-13-10-16-28(22-26)43-27-14-8-5-9-15-27/h4-16,22,24,29,32H,3,17-21,23H2,1-2H3,(H,36,42). The molecular weight excluding hydrogens is 540 g/mol. The van der Waals surface area contributed by atoms with E-state index >= 15 is 0 Å². The third kappa shape index (κ3) is 5.87. The van der Waals surface area contributed by atoms with Crippen molar-refractivity contribution in [3.8, 4) is 11.5 Å². The topological polar surface area (TPSA) is 82.2 Å². The summed E-state index contributed by atoms with van der Waals surface area (Å²) in [4.78, 5) is 47.2. The Morgan fingerprint density at radius 1 is 0.930 bits per heavy atom. The van der Waals surface area contributed by atoms with Gasteiger partial charge in [0.15, 0.2) is 0 Å². The third-order valence-electron chi connectivity index (χ3n) is 8.76. The number of urea groups is 1. The largest absolute Gasteiger partial charge is 0.457 e. The number of hydrogen-bond donors (Lipinski definition) is 1. The van der Waals surface area contributed by atoms with Crippen molar-refractivity contribution in [2.75, 3.05) is 26.2 Å². The molecule has 43 heavy (non-hydrogen) atoms. The summed E-state index contributed by atoms with van der Waals surface area (Å²) in [6.45, 7) is 6.12. The first kappa shape index (κ1) is 28.5. The number of amides is 4. The molecule has 3 aliphatic rings. The number of nitrogens with one attached hydrogen (secondary N) is 1. The van der Waals surface area contributed by atoms with E-state index < -0.39 is 12.1 Å². The Balaban J connectivity index is 1.33. The molecule has 0 radical (unpaired) electrons. The quantitative estimate of drug-likeness (QED) is 0.381. The highest BCUT2D eigenvalue weighted by Crippen LogP contribution is 2.39. The van der Waals surface area contributed by atoms with Crippen LogP contribution in [0, 0.1) is 5.92 Å². The lowest BCUT2D eigenvalue weighted by molar-refractivity contribution is -0.144. The second-order valence-electron chi connectivity index (χ2n) is 11.6. The Labute approximate surface area is 252 Å². The van der Waals surface area contributed by atoms with Gasteiger partial charge in [0.1, 0.15) is 17.5 Å². The summed E-state index contributed by atoms with van der Waals surface area (Å²) in [6, 6.07) is 25.2. The number of benzene rings is 3. The third-order valence-corrected chi connectivity index (χ3v) is 8.76. The van der Waals surface area contributed by atoms with E-state index in [1.165, 1.54) is 0 Å². The summed E-state index contributed by atoms with van der Waals surface area (Å²) in [6.07, 6.45) is 2.33. The summed E-state index contributed by atoms with van der Waals surface area (Å²) in [5.41, 5.74) is 2.91. The maximum absolute atomic E-state index is 14.4. The van der Waals surface area contributed by atoms with Crippen LogP contribution >= 0.6 is 0 Å². The van der Waals surface area contributed by atoms with Crippen LogP contribution in [0.2, 0.25) is 0 Å². The van der Waals surface area contributed by atoms with E-state index in [0.29, 0.717) is 54.7 Å². The molecule has 0 spiro atoms. The molecule has 3 heterocycles. The van der Waals surface area contributed by atoms with E-state index in [1.807, 2.05) is 96.8 Å². The Hall–Kier alpha value is -4.59. The minimum atomic E-state index is -0.670. The zero-order chi connectivity index (χ0) is 29.9. The molecule has 8 heteroatoms. The van der Waals surface area contributed by atoms with Crippen molar-refractivity contribution in [1.82, 2.24) is 20.0 Å². The Bertz CT molecular complexity index is 1520. The van der Waals surface area contributed by atoms with Crippen molar-refractivity contribution < 1.29 is 19.1 Å². The summed E-state index contributed by atoms with van der Waals surface area (Å²) < 4.78 is 6.06. The average molecular weight is 579 g/mol. The van der Waals surface area contributed by atoms with Gasteiger partial charge in [-0.1, -0.05) is 67.6 Å². The molecule has 2 unspecified atom stereocenters. The number of likely N-dealkylation sites (tertiary alicyclic amines) is 1. The molecule has 3 aromatic rings. The monoisotopic (exact) mass is 578 g/mol. The van der Waals surface area contributed by atoms with Crippen LogP contribution in [0.1, 0.15) is 43.9 Å². The van der Waals surface area contributed by atoms with Gasteiger partial charge >= 0.3 is 6.03 Å². The van der Waals surface area contributed by atoms with Gasteiger partial charge < -0.3 is 19.9 Å². The predicted octanol–water partition coefficient (Wildman–Crippen LogP) is 5.53. The fraction of sp³-hybridized carbons (Fsp3) is 0.343. The molecule has 0 saturated carbocycles. The average Bonchev–Trinajstić information content (AvgIpc) is 3.37. The van der Waals surface area contributed by atoms with Crippen LogP contribution in [-0.4, -0.2) is 64.8 Å². The lowest BCUT2D eigenvalue weighted by Gasteiger charge is -2.36. The van der Waals surface area contributed by atoms with Crippen LogP contribution in [0.4, 0.5) is 4.79 Å². The normalized spacial score (nSPS) is 19.8. The fourth-order valence-corrected chi connectivity index (χ4v) is 6.34. The smallest absolute Gasteiger partial charge is 0.322 e. The highest BCUT2D eigenvalue weighted by Gasteiger charge is 2.47. The van der Waals surface area contributed by atoms with Crippen molar-refractivity contribution in [1.29, 1.82) is 0 Å². The number of ether oxygens (including phenoxy) is 1. The molecule has 3 aliphatic heterocycles. The van der Waals surface area contributed by atoms with E-state index in [4.69, 9.17) is 4.74 Å². The predicted molar refractivity (Wildman–Crippen MR) is 164 cm³/mol. The molecule has 3 aromatic carbocycles. The van der Waals surface area contributed by atoms with Crippen LogP contribution in [-0.2, 0) is 16.0 Å². The van der Waals surface area contributed by atoms with E-state index in [0.717, 1.165) is 24.0 Å². The molecule has 1 saturated heterocycles. The summed E-state index contributed by atoms with van der Waals surface area (Å²) in [5, 5.41) is 3.06. The van der Waals surface area contributed by atoms with Gasteiger partial charge in [-0.25, -0.2) is 4.79 Å². The maximum Gasteiger partial charge on any atom is 0.322 e. The molecule has 222 valence electrons. The number of para-hydroxylation sites is 1. The van der Waals surface area contributed by atoms with Gasteiger partial charge in [0.2, 0.25) is 5.91 Å². The van der Waals surface area contributed by atoms with Gasteiger partial charge in [0, 0.05) is 26.1 Å². The van der Waals surface area contributed by atoms with Crippen LogP contribution in [0.15, 0.2) is 96.2 Å². The Morgan fingerprint density at radius 3 is 2.30 bits per heavy atom. The van der Waals surface area contributed by atoms with Crippen molar-refractivity contribution in [3.05, 3.63) is 107 Å². The minimum absolute atomic E-state index is 0.0268. The summed E-state index contributed by atoms with van der Waals surface area (Å²) >= 11 is 0. The number of carbonyl (C=O) groups is 3. The number of rotatable bonds is 8. The van der Waals surface area contributed by atoms with Gasteiger partial charge in [-0.15, -0.1) is 0 Å². The van der Waals surface area contributed by atoms with Gasteiger partial charge in [0.05, 0.1) is 23.9 Å². The van der Waals surface area contributed by atoms with Crippen molar-refractivity contribution in [2.45, 2.75) is 45.2 Å². The summed E-state index contributed by atoms with van der Waals surface area (Å²) in [7, 11) is 0. The maximum atomic E-state index is 14.4. The fourth-order valence-electron chi connectivity index (χ4n) is 6.34. The second kappa shape index (κ2) is 12.3. The highest BCUT2D eigenvalue weighted by molar-refractivity contribution is 6.03. The zero-order valence-corrected chi connectivity index (χ0v) is 24.7. The van der Waals surface area contributed by atoms with Crippen LogP contribution < -0.4 is 10.1 Å². The van der Waals surface area contributed by atoms with E-state index in [-0.39, 0.29) is 24.4 Å². The number of carbonyl (C=O) groups excluding carboxylic acids is 3. The molecule has 4 amide bonds. The van der Waals surface area contributed by atoms with Crippen molar-refractivity contribution >= 4 is 17.8 Å². The molecule has 6 rings (SSSR count). The number of likely N-dealkylation sites (N-methyl/N-ethyl adjacent to an activating group) is 1. The van der Waals surface area contributed by atoms with Crippen LogP contribution in [0.25, 0.3) is 0 Å². The first-order valence-electron chi connectivity index (χ1n) is 15.2. The van der Waals surface area contributed by atoms with E-state index in [9.17, 15) is 14.4 Å². The van der Waals surface area contributed by atoms with Gasteiger partial charge in [-0.2, -0.15) is 0 Å². The number of nitrogens with zero attached hydrogens (tertiary/aromatic N) is 3. The summed E-state index contributed by atoms with van der Waals surface area (Å²) in [5.74, 6) is 1.64. The Morgan fingerprint density at radius 2 is 1.60 bits per heavy atom. The van der Waals surface area contributed by atoms with Crippen molar-refractivity contribution in [2.24, 2.45) is 5.92 Å². The molecule has 2 atom stereocenters.